The molecule has 0 aliphatic carbocycles. The Morgan fingerprint density at radius 3 is 2.77 bits per heavy atom. The van der Waals surface area contributed by atoms with Gasteiger partial charge in [-0.3, -0.25) is 4.79 Å². The van der Waals surface area contributed by atoms with Crippen LogP contribution in [0.1, 0.15) is 24.4 Å². The molecule has 0 saturated carbocycles. The van der Waals surface area contributed by atoms with Gasteiger partial charge >= 0.3 is 0 Å². The normalized spacial score (nSPS) is 17.9. The lowest BCUT2D eigenvalue weighted by molar-refractivity contribution is -0.129. The van der Waals surface area contributed by atoms with Crippen molar-refractivity contribution in [2.24, 2.45) is 0 Å². The molecule has 2 aliphatic rings. The highest BCUT2D eigenvalue weighted by atomic mass is 32.2. The van der Waals surface area contributed by atoms with Gasteiger partial charge in [0, 0.05) is 12.1 Å². The maximum atomic E-state index is 12.9. The van der Waals surface area contributed by atoms with Gasteiger partial charge in [0.15, 0.2) is 11.5 Å². The Balaban J connectivity index is 1.24. The van der Waals surface area contributed by atoms with E-state index in [1.807, 2.05) is 53.4 Å². The molecule has 0 spiro atoms. The molecule has 5 rings (SSSR count). The zero-order chi connectivity index (χ0) is 20.3. The van der Waals surface area contributed by atoms with Gasteiger partial charge in [0.25, 0.3) is 5.22 Å². The number of thioether (sulfide) groups is 1. The molecule has 30 heavy (non-hydrogen) atoms. The molecule has 0 radical (unpaired) electrons. The molecule has 0 unspecified atom stereocenters. The molecule has 8 heteroatoms. The topological polar surface area (TPSA) is 77.7 Å². The lowest BCUT2D eigenvalue weighted by Gasteiger charge is -2.26. The molecule has 7 nitrogen and oxygen atoms in total. The van der Waals surface area contributed by atoms with Gasteiger partial charge in [-0.25, -0.2) is 0 Å². The third kappa shape index (κ3) is 3.87. The number of hydrogen-bond donors (Lipinski definition) is 0. The van der Waals surface area contributed by atoms with Crippen molar-refractivity contribution in [2.75, 3.05) is 25.5 Å². The third-order valence-corrected chi connectivity index (χ3v) is 6.07. The van der Waals surface area contributed by atoms with Crippen molar-refractivity contribution in [1.29, 1.82) is 0 Å². The number of hydrogen-bond acceptors (Lipinski definition) is 7. The molecule has 154 valence electrons. The first-order valence-electron chi connectivity index (χ1n) is 9.99. The first kappa shape index (κ1) is 19.0. The first-order chi connectivity index (χ1) is 14.8. The van der Waals surface area contributed by atoms with E-state index in [-0.39, 0.29) is 17.7 Å². The zero-order valence-electron chi connectivity index (χ0n) is 16.3. The number of amides is 1. The van der Waals surface area contributed by atoms with Gasteiger partial charge < -0.3 is 18.8 Å². The van der Waals surface area contributed by atoms with Crippen LogP contribution in [0.4, 0.5) is 0 Å². The van der Waals surface area contributed by atoms with Crippen molar-refractivity contribution in [3.05, 3.63) is 54.1 Å². The predicted molar refractivity (Wildman–Crippen MR) is 112 cm³/mol. The number of fused-ring (bicyclic) bond motifs is 1. The highest BCUT2D eigenvalue weighted by Crippen LogP contribution is 2.38. The SMILES string of the molecule is O=C(CSc1nnc(-c2ccccc2)o1)N1CCC[C@H]1c1ccc2c(c1)OCCO2. The fourth-order valence-corrected chi connectivity index (χ4v) is 4.50. The Hall–Kier alpha value is -3.00. The maximum Gasteiger partial charge on any atom is 0.277 e. The van der Waals surface area contributed by atoms with Crippen LogP contribution in [0.2, 0.25) is 0 Å². The summed E-state index contributed by atoms with van der Waals surface area (Å²) in [5.41, 5.74) is 1.95. The Morgan fingerprint density at radius 2 is 1.90 bits per heavy atom. The third-order valence-electron chi connectivity index (χ3n) is 5.27. The average Bonchev–Trinajstić information content (AvgIpc) is 3.48. The number of rotatable bonds is 5. The molecular weight excluding hydrogens is 402 g/mol. The van der Waals surface area contributed by atoms with E-state index in [0.29, 0.717) is 24.3 Å². The van der Waals surface area contributed by atoms with Gasteiger partial charge in [0.05, 0.1) is 11.8 Å². The molecule has 0 N–H and O–H groups in total. The Morgan fingerprint density at radius 1 is 1.07 bits per heavy atom. The molecular formula is C22H21N3O4S. The van der Waals surface area contributed by atoms with Gasteiger partial charge in [-0.15, -0.1) is 10.2 Å². The highest BCUT2D eigenvalue weighted by Gasteiger charge is 2.31. The Labute approximate surface area is 178 Å². The minimum Gasteiger partial charge on any atom is -0.486 e. The fraction of sp³-hybridized carbons (Fsp3) is 0.318. The van der Waals surface area contributed by atoms with Gasteiger partial charge in [-0.2, -0.15) is 0 Å². The van der Waals surface area contributed by atoms with Crippen LogP contribution in [0.15, 0.2) is 58.2 Å². The minimum atomic E-state index is 0.0523. The largest absolute Gasteiger partial charge is 0.486 e. The summed E-state index contributed by atoms with van der Waals surface area (Å²) in [4.78, 5) is 14.9. The van der Waals surface area contributed by atoms with Crippen molar-refractivity contribution >= 4 is 17.7 Å². The smallest absolute Gasteiger partial charge is 0.277 e. The quantitative estimate of drug-likeness (QED) is 0.575. The van der Waals surface area contributed by atoms with Crippen LogP contribution in [0.3, 0.4) is 0 Å². The summed E-state index contributed by atoms with van der Waals surface area (Å²) in [6.07, 6.45) is 1.92. The molecule has 2 aromatic carbocycles. The van der Waals surface area contributed by atoms with Crippen LogP contribution >= 0.6 is 11.8 Å². The van der Waals surface area contributed by atoms with E-state index < -0.39 is 0 Å². The number of carbonyl (C=O) groups excluding carboxylic acids is 1. The lowest BCUT2D eigenvalue weighted by atomic mass is 10.0. The maximum absolute atomic E-state index is 12.9. The van der Waals surface area contributed by atoms with Crippen LogP contribution < -0.4 is 9.47 Å². The number of benzene rings is 2. The van der Waals surface area contributed by atoms with E-state index in [4.69, 9.17) is 13.9 Å². The molecule has 3 heterocycles. The average molecular weight is 423 g/mol. The Bertz CT molecular complexity index is 1040. The second kappa shape index (κ2) is 8.39. The highest BCUT2D eigenvalue weighted by molar-refractivity contribution is 7.99. The van der Waals surface area contributed by atoms with Crippen LogP contribution in [-0.4, -0.2) is 46.5 Å². The summed E-state index contributed by atoms with van der Waals surface area (Å²) in [6, 6.07) is 15.6. The molecule has 2 aliphatic heterocycles. The number of nitrogens with zero attached hydrogens (tertiary/aromatic N) is 3. The van der Waals surface area contributed by atoms with Crippen LogP contribution in [0.25, 0.3) is 11.5 Å². The van der Waals surface area contributed by atoms with Gasteiger partial charge in [0.2, 0.25) is 11.8 Å². The molecule has 1 aromatic heterocycles. The number of aromatic nitrogens is 2. The van der Waals surface area contributed by atoms with Crippen molar-refractivity contribution in [2.45, 2.75) is 24.1 Å². The molecule has 1 amide bonds. The van der Waals surface area contributed by atoms with E-state index in [9.17, 15) is 4.79 Å². The molecule has 1 saturated heterocycles. The summed E-state index contributed by atoms with van der Waals surface area (Å²) in [6.45, 7) is 1.87. The molecule has 1 atom stereocenters. The molecule has 1 fully saturated rings. The second-order valence-electron chi connectivity index (χ2n) is 7.18. The zero-order valence-corrected chi connectivity index (χ0v) is 17.1. The summed E-state index contributed by atoms with van der Waals surface area (Å²) >= 11 is 1.27. The predicted octanol–water partition coefficient (Wildman–Crippen LogP) is 3.96. The van der Waals surface area contributed by atoms with E-state index in [2.05, 4.69) is 10.2 Å². The Kier molecular flexibility index (Phi) is 5.31. The van der Waals surface area contributed by atoms with Gasteiger partial charge in [-0.1, -0.05) is 36.0 Å². The van der Waals surface area contributed by atoms with Crippen molar-refractivity contribution < 1.29 is 18.7 Å². The number of carbonyl (C=O) groups is 1. The van der Waals surface area contributed by atoms with Crippen molar-refractivity contribution in [1.82, 2.24) is 15.1 Å². The second-order valence-corrected chi connectivity index (χ2v) is 8.10. The van der Waals surface area contributed by atoms with Crippen LogP contribution in [0.5, 0.6) is 11.5 Å². The first-order valence-corrected chi connectivity index (χ1v) is 11.0. The van der Waals surface area contributed by atoms with Gasteiger partial charge in [-0.05, 0) is 42.7 Å². The van der Waals surface area contributed by atoms with E-state index >= 15 is 0 Å². The van der Waals surface area contributed by atoms with E-state index in [1.165, 1.54) is 11.8 Å². The van der Waals surface area contributed by atoms with Crippen LogP contribution in [0, 0.1) is 0 Å². The summed E-state index contributed by atoms with van der Waals surface area (Å²) < 4.78 is 17.0. The standard InChI is InChI=1S/C22H21N3O4S/c26-20(14-30-22-24-23-21(29-22)15-5-2-1-3-6-15)25-10-4-7-17(25)16-8-9-18-19(13-16)28-12-11-27-18/h1-3,5-6,8-9,13,17H,4,7,10-12,14H2/t17-/m0/s1. The van der Waals surface area contributed by atoms with E-state index in [1.54, 1.807) is 0 Å². The van der Waals surface area contributed by atoms with Crippen molar-refractivity contribution in [3.8, 4) is 23.0 Å². The summed E-state index contributed by atoms with van der Waals surface area (Å²) in [7, 11) is 0. The van der Waals surface area contributed by atoms with Crippen LogP contribution in [-0.2, 0) is 4.79 Å². The minimum absolute atomic E-state index is 0.0523. The number of likely N-dealkylation sites (tertiary alicyclic amines) is 1. The monoisotopic (exact) mass is 423 g/mol. The fourth-order valence-electron chi connectivity index (χ4n) is 3.85. The summed E-state index contributed by atoms with van der Waals surface area (Å²) in [5.74, 6) is 2.31. The number of ether oxygens (including phenoxy) is 2. The van der Waals surface area contributed by atoms with Gasteiger partial charge in [0.1, 0.15) is 13.2 Å². The van der Waals surface area contributed by atoms with Crippen molar-refractivity contribution in [3.63, 3.8) is 0 Å². The summed E-state index contributed by atoms with van der Waals surface area (Å²) in [5, 5.41) is 8.54. The van der Waals surface area contributed by atoms with E-state index in [0.717, 1.165) is 42.0 Å². The lowest BCUT2D eigenvalue weighted by Crippen LogP contribution is -2.32. The molecule has 0 bridgehead atoms. The molecule has 3 aromatic rings.